The molecule has 2 fully saturated rings. The smallest absolute Gasteiger partial charge is 0.0110 e. The largest absolute Gasteiger partial charge is 0.330 e. The van der Waals surface area contributed by atoms with E-state index in [1.165, 1.54) is 50.7 Å². The van der Waals surface area contributed by atoms with Crippen LogP contribution in [-0.2, 0) is 0 Å². The van der Waals surface area contributed by atoms with Crippen LogP contribution in [0.3, 0.4) is 0 Å². The molecule has 0 radical (unpaired) electrons. The monoisotopic (exact) mass is 256 g/mol. The van der Waals surface area contributed by atoms with Gasteiger partial charge in [0, 0.05) is 17.3 Å². The van der Waals surface area contributed by atoms with Crippen molar-refractivity contribution in [2.45, 2.75) is 69.2 Å². The highest BCUT2D eigenvalue weighted by molar-refractivity contribution is 7.99. The van der Waals surface area contributed by atoms with Crippen LogP contribution in [0.4, 0.5) is 0 Å². The van der Waals surface area contributed by atoms with Gasteiger partial charge < -0.3 is 11.1 Å². The van der Waals surface area contributed by atoms with Gasteiger partial charge in [-0.25, -0.2) is 0 Å². The zero-order chi connectivity index (χ0) is 12.1. The number of nitrogens with two attached hydrogens (primary N) is 1. The first-order chi connectivity index (χ1) is 8.33. The zero-order valence-corrected chi connectivity index (χ0v) is 12.0. The fourth-order valence-electron chi connectivity index (χ4n) is 3.49. The van der Waals surface area contributed by atoms with Gasteiger partial charge in [0.2, 0.25) is 0 Å². The first-order valence-electron chi connectivity index (χ1n) is 7.41. The number of hydrogen-bond acceptors (Lipinski definition) is 3. The summed E-state index contributed by atoms with van der Waals surface area (Å²) in [5.41, 5.74) is 5.90. The van der Waals surface area contributed by atoms with Crippen LogP contribution >= 0.6 is 11.8 Å². The average Bonchev–Trinajstić information content (AvgIpc) is 2.78. The Morgan fingerprint density at radius 1 is 1.18 bits per heavy atom. The summed E-state index contributed by atoms with van der Waals surface area (Å²) in [6.07, 6.45) is 9.65. The van der Waals surface area contributed by atoms with Crippen molar-refractivity contribution in [3.63, 3.8) is 0 Å². The van der Waals surface area contributed by atoms with Crippen LogP contribution in [0.2, 0.25) is 0 Å². The van der Waals surface area contributed by atoms with Gasteiger partial charge in [0.05, 0.1) is 0 Å². The molecule has 0 amide bonds. The summed E-state index contributed by atoms with van der Waals surface area (Å²) in [7, 11) is 0. The number of thioether (sulfide) groups is 1. The Morgan fingerprint density at radius 2 is 2.00 bits per heavy atom. The van der Waals surface area contributed by atoms with E-state index in [-0.39, 0.29) is 0 Å². The van der Waals surface area contributed by atoms with Gasteiger partial charge in [0.1, 0.15) is 0 Å². The Hall–Kier alpha value is 0.270. The molecule has 0 saturated heterocycles. The van der Waals surface area contributed by atoms with Gasteiger partial charge in [-0.05, 0) is 50.3 Å². The van der Waals surface area contributed by atoms with Gasteiger partial charge in [-0.2, -0.15) is 11.8 Å². The van der Waals surface area contributed by atoms with E-state index in [2.05, 4.69) is 24.0 Å². The van der Waals surface area contributed by atoms with Gasteiger partial charge in [-0.1, -0.05) is 19.8 Å². The molecule has 2 nitrogen and oxygen atoms in total. The summed E-state index contributed by atoms with van der Waals surface area (Å²) >= 11 is 2.15. The summed E-state index contributed by atoms with van der Waals surface area (Å²) < 4.78 is 0. The molecule has 17 heavy (non-hydrogen) atoms. The maximum atomic E-state index is 5.90. The second kappa shape index (κ2) is 7.01. The fraction of sp³-hybridized carbons (Fsp3) is 1.00. The lowest BCUT2D eigenvalue weighted by molar-refractivity contribution is 0.248. The third-order valence-corrected chi connectivity index (χ3v) is 5.68. The van der Waals surface area contributed by atoms with Crippen LogP contribution in [0.15, 0.2) is 0 Å². The summed E-state index contributed by atoms with van der Waals surface area (Å²) in [4.78, 5) is 0. The Kier molecular flexibility index (Phi) is 5.64. The van der Waals surface area contributed by atoms with Gasteiger partial charge in [0.25, 0.3) is 0 Å². The van der Waals surface area contributed by atoms with Gasteiger partial charge in [-0.15, -0.1) is 0 Å². The van der Waals surface area contributed by atoms with Crippen LogP contribution in [-0.4, -0.2) is 29.6 Å². The molecule has 0 aromatic rings. The van der Waals surface area contributed by atoms with Crippen molar-refractivity contribution in [3.05, 3.63) is 0 Å². The second-order valence-electron chi connectivity index (χ2n) is 5.64. The van der Waals surface area contributed by atoms with E-state index < -0.39 is 0 Å². The van der Waals surface area contributed by atoms with Gasteiger partial charge >= 0.3 is 0 Å². The van der Waals surface area contributed by atoms with Crippen LogP contribution in [0.1, 0.15) is 51.9 Å². The minimum atomic E-state index is 0.712. The standard InChI is InChI=1S/C14H28N2S/c1-2-17-13-8-7-12(9-13)16-14-6-4-3-5-11(14)10-15/h11-14,16H,2-10,15H2,1H3. The Balaban J connectivity index is 1.76. The first kappa shape index (κ1) is 13.7. The van der Waals surface area contributed by atoms with Crippen LogP contribution < -0.4 is 11.1 Å². The van der Waals surface area contributed by atoms with Crippen molar-refractivity contribution in [2.24, 2.45) is 11.7 Å². The molecule has 0 aromatic carbocycles. The lowest BCUT2D eigenvalue weighted by Gasteiger charge is -2.33. The molecule has 2 aliphatic rings. The highest BCUT2D eigenvalue weighted by Crippen LogP contribution is 2.32. The summed E-state index contributed by atoms with van der Waals surface area (Å²) in [5.74, 6) is 2.01. The molecule has 4 unspecified atom stereocenters. The number of hydrogen-bond donors (Lipinski definition) is 2. The molecule has 0 spiro atoms. The molecule has 4 atom stereocenters. The van der Waals surface area contributed by atoms with Crippen LogP contribution in [0.25, 0.3) is 0 Å². The van der Waals surface area contributed by atoms with E-state index in [4.69, 9.17) is 5.73 Å². The molecule has 3 heteroatoms. The maximum Gasteiger partial charge on any atom is 0.0110 e. The third kappa shape index (κ3) is 3.87. The summed E-state index contributed by atoms with van der Waals surface area (Å²) in [5, 5.41) is 4.83. The van der Waals surface area contributed by atoms with E-state index in [0.717, 1.165) is 23.8 Å². The van der Waals surface area contributed by atoms with E-state index in [0.29, 0.717) is 6.04 Å². The van der Waals surface area contributed by atoms with Crippen molar-refractivity contribution in [3.8, 4) is 0 Å². The zero-order valence-electron chi connectivity index (χ0n) is 11.2. The van der Waals surface area contributed by atoms with Crippen molar-refractivity contribution in [1.29, 1.82) is 0 Å². The second-order valence-corrected chi connectivity index (χ2v) is 7.22. The van der Waals surface area contributed by atoms with Crippen molar-refractivity contribution < 1.29 is 0 Å². The van der Waals surface area contributed by atoms with E-state index in [1.54, 1.807) is 0 Å². The summed E-state index contributed by atoms with van der Waals surface area (Å²) in [6.45, 7) is 3.15. The SMILES string of the molecule is CCSC1CCC(NC2CCCCC2CN)C1. The molecule has 0 aliphatic heterocycles. The Morgan fingerprint density at radius 3 is 2.76 bits per heavy atom. The first-order valence-corrected chi connectivity index (χ1v) is 8.46. The average molecular weight is 256 g/mol. The van der Waals surface area contributed by atoms with Gasteiger partial charge in [0.15, 0.2) is 0 Å². The van der Waals surface area contributed by atoms with E-state index in [9.17, 15) is 0 Å². The molecule has 100 valence electrons. The third-order valence-electron chi connectivity index (χ3n) is 4.45. The predicted molar refractivity (Wildman–Crippen MR) is 77.5 cm³/mol. The molecule has 3 N–H and O–H groups in total. The lowest BCUT2D eigenvalue weighted by atomic mass is 9.84. The van der Waals surface area contributed by atoms with Crippen LogP contribution in [0, 0.1) is 5.92 Å². The molecular formula is C14H28N2S. The quantitative estimate of drug-likeness (QED) is 0.794. The van der Waals surface area contributed by atoms with E-state index >= 15 is 0 Å². The molecule has 0 aromatic heterocycles. The highest BCUT2D eigenvalue weighted by Gasteiger charge is 2.30. The van der Waals surface area contributed by atoms with Crippen molar-refractivity contribution in [1.82, 2.24) is 5.32 Å². The molecule has 2 rings (SSSR count). The maximum absolute atomic E-state index is 5.90. The van der Waals surface area contributed by atoms with E-state index in [1.807, 2.05) is 0 Å². The lowest BCUT2D eigenvalue weighted by Crippen LogP contribution is -2.46. The van der Waals surface area contributed by atoms with Gasteiger partial charge in [-0.3, -0.25) is 0 Å². The van der Waals surface area contributed by atoms with Crippen molar-refractivity contribution >= 4 is 11.8 Å². The number of rotatable bonds is 5. The minimum absolute atomic E-state index is 0.712. The summed E-state index contributed by atoms with van der Waals surface area (Å²) in [6, 6.07) is 1.49. The number of nitrogens with one attached hydrogen (secondary N) is 1. The molecule has 0 bridgehead atoms. The normalized spacial score (nSPS) is 38.5. The van der Waals surface area contributed by atoms with Crippen molar-refractivity contribution in [2.75, 3.05) is 12.3 Å². The molecule has 2 saturated carbocycles. The molecule has 0 heterocycles. The van der Waals surface area contributed by atoms with Crippen LogP contribution in [0.5, 0.6) is 0 Å². The highest BCUT2D eigenvalue weighted by atomic mass is 32.2. The predicted octanol–water partition coefficient (Wildman–Crippen LogP) is 2.77. The topological polar surface area (TPSA) is 38.0 Å². The Bertz CT molecular complexity index is 222. The molecule has 2 aliphatic carbocycles. The molecular weight excluding hydrogens is 228 g/mol. The minimum Gasteiger partial charge on any atom is -0.330 e. The fourth-order valence-corrected chi connectivity index (χ4v) is 4.63. The Labute approximate surface area is 110 Å².